The number of carbonyl (C=O) groups excluding carboxylic acids is 1. The van der Waals surface area contributed by atoms with Gasteiger partial charge in [-0.25, -0.2) is 22.7 Å². The number of anilines is 2. The van der Waals surface area contributed by atoms with Gasteiger partial charge in [-0.3, -0.25) is 5.32 Å². The number of aromatic carboxylic acids is 1. The highest BCUT2D eigenvalue weighted by molar-refractivity contribution is 7.89. The van der Waals surface area contributed by atoms with Crippen LogP contribution in [0.1, 0.15) is 61.0 Å². The topological polar surface area (TPSA) is 147 Å². The number of urea groups is 1. The molecule has 0 unspecified atom stereocenters. The molecule has 232 valence electrons. The molecule has 2 aromatic heterocycles. The SMILES string of the molecule is Cc1ccc(-n2nc(C(C)(C)C)cc2NC(=O)Nc2ccc(CC3CCN(S(=O)(=O)c4ccc(C(=O)O)o4)CC3)cc2)cc1. The number of furan rings is 1. The Bertz CT molecular complexity index is 1740. The van der Waals surface area contributed by atoms with E-state index < -0.39 is 21.8 Å². The van der Waals surface area contributed by atoms with Crippen LogP contribution in [0.5, 0.6) is 0 Å². The van der Waals surface area contributed by atoms with Gasteiger partial charge in [-0.15, -0.1) is 0 Å². The van der Waals surface area contributed by atoms with E-state index in [1.54, 1.807) is 4.68 Å². The molecule has 3 N–H and O–H groups in total. The Balaban J connectivity index is 1.17. The zero-order valence-corrected chi connectivity index (χ0v) is 26.0. The van der Waals surface area contributed by atoms with Crippen molar-refractivity contribution in [3.63, 3.8) is 0 Å². The first-order chi connectivity index (χ1) is 20.8. The first-order valence-corrected chi connectivity index (χ1v) is 15.9. The van der Waals surface area contributed by atoms with Gasteiger partial charge >= 0.3 is 12.0 Å². The number of rotatable bonds is 8. The van der Waals surface area contributed by atoms with Gasteiger partial charge in [0, 0.05) is 30.3 Å². The number of nitrogens with one attached hydrogen (secondary N) is 2. The Morgan fingerprint density at radius 2 is 1.64 bits per heavy atom. The molecule has 0 aliphatic carbocycles. The van der Waals surface area contributed by atoms with Crippen molar-refractivity contribution in [2.45, 2.75) is 57.5 Å². The molecule has 1 fully saturated rings. The van der Waals surface area contributed by atoms with E-state index in [0.717, 1.165) is 35.0 Å². The Morgan fingerprint density at radius 1 is 0.977 bits per heavy atom. The van der Waals surface area contributed by atoms with Gasteiger partial charge in [0.25, 0.3) is 10.0 Å². The summed E-state index contributed by atoms with van der Waals surface area (Å²) >= 11 is 0. The Kier molecular flexibility index (Phi) is 8.66. The van der Waals surface area contributed by atoms with E-state index in [4.69, 9.17) is 14.6 Å². The molecule has 2 amide bonds. The van der Waals surface area contributed by atoms with Crippen molar-refractivity contribution in [1.82, 2.24) is 14.1 Å². The highest BCUT2D eigenvalue weighted by atomic mass is 32.2. The zero-order chi connectivity index (χ0) is 31.6. The van der Waals surface area contributed by atoms with E-state index >= 15 is 0 Å². The molecule has 0 spiro atoms. The molecule has 12 heteroatoms. The number of nitrogens with zero attached hydrogens (tertiary/aromatic N) is 3. The van der Waals surface area contributed by atoms with Gasteiger partial charge in [0.15, 0.2) is 0 Å². The van der Waals surface area contributed by atoms with Crippen LogP contribution in [-0.2, 0) is 21.9 Å². The molecule has 1 saturated heterocycles. The summed E-state index contributed by atoms with van der Waals surface area (Å²) in [6, 6.07) is 19.4. The fourth-order valence-corrected chi connectivity index (χ4v) is 6.49. The largest absolute Gasteiger partial charge is 0.475 e. The normalized spacial score (nSPS) is 14.8. The predicted octanol–water partition coefficient (Wildman–Crippen LogP) is 6.06. The van der Waals surface area contributed by atoms with Crippen LogP contribution in [0.4, 0.5) is 16.3 Å². The summed E-state index contributed by atoms with van der Waals surface area (Å²) < 4.78 is 33.9. The molecule has 0 radical (unpaired) electrons. The van der Waals surface area contributed by atoms with Gasteiger partial charge in [0.05, 0.1) is 11.4 Å². The second-order valence-corrected chi connectivity index (χ2v) is 14.0. The fraction of sp³-hybridized carbons (Fsp3) is 0.344. The minimum atomic E-state index is -3.89. The molecule has 1 aliphatic rings. The number of sulfonamides is 1. The summed E-state index contributed by atoms with van der Waals surface area (Å²) in [7, 11) is -3.89. The van der Waals surface area contributed by atoms with E-state index in [1.165, 1.54) is 10.4 Å². The minimum Gasteiger partial charge on any atom is -0.475 e. The number of aromatic nitrogens is 2. The van der Waals surface area contributed by atoms with Gasteiger partial charge in [0.1, 0.15) is 5.82 Å². The van der Waals surface area contributed by atoms with Gasteiger partial charge in [0.2, 0.25) is 10.9 Å². The molecule has 3 heterocycles. The molecule has 2 aromatic carbocycles. The van der Waals surface area contributed by atoms with Crippen molar-refractivity contribution in [2.24, 2.45) is 5.92 Å². The van der Waals surface area contributed by atoms with Crippen LogP contribution in [0.25, 0.3) is 5.69 Å². The Labute approximate surface area is 256 Å². The lowest BCUT2D eigenvalue weighted by Gasteiger charge is -2.30. The van der Waals surface area contributed by atoms with Crippen LogP contribution in [0, 0.1) is 12.8 Å². The van der Waals surface area contributed by atoms with E-state index in [9.17, 15) is 18.0 Å². The standard InChI is InChI=1S/C32H37N5O6S/c1-21-5-11-25(12-6-21)37-28(20-27(35-37)32(2,3)4)34-31(40)33-24-9-7-22(8-10-24)19-23-15-17-36(18-16-23)44(41,42)29-14-13-26(43-29)30(38)39/h5-14,20,23H,15-19H2,1-4H3,(H,38,39)(H2,33,34,40). The number of hydrogen-bond acceptors (Lipinski definition) is 6. The van der Waals surface area contributed by atoms with Crippen LogP contribution in [0.15, 0.2) is 76.2 Å². The lowest BCUT2D eigenvalue weighted by molar-refractivity contribution is 0.0656. The van der Waals surface area contributed by atoms with E-state index in [2.05, 4.69) is 31.4 Å². The number of aryl methyl sites for hydroxylation is 1. The number of amides is 2. The third kappa shape index (κ3) is 7.03. The van der Waals surface area contributed by atoms with Gasteiger partial charge in [-0.05, 0) is 74.1 Å². The maximum Gasteiger partial charge on any atom is 0.371 e. The van der Waals surface area contributed by atoms with Crippen LogP contribution in [-0.4, -0.2) is 52.7 Å². The molecule has 0 saturated carbocycles. The van der Waals surface area contributed by atoms with Crippen molar-refractivity contribution >= 4 is 33.5 Å². The summed E-state index contributed by atoms with van der Waals surface area (Å²) in [5.41, 5.74) is 4.37. The lowest BCUT2D eigenvalue weighted by Crippen LogP contribution is -2.38. The van der Waals surface area contributed by atoms with Crippen molar-refractivity contribution in [2.75, 3.05) is 23.7 Å². The molecule has 5 rings (SSSR count). The van der Waals surface area contributed by atoms with Crippen molar-refractivity contribution < 1.29 is 27.5 Å². The van der Waals surface area contributed by atoms with Crippen molar-refractivity contribution in [3.05, 3.63) is 89.3 Å². The molecule has 0 atom stereocenters. The summed E-state index contributed by atoms with van der Waals surface area (Å²) in [6.07, 6.45) is 2.11. The molecule has 1 aliphatic heterocycles. The summed E-state index contributed by atoms with van der Waals surface area (Å²) in [5, 5.41) is 19.3. The van der Waals surface area contributed by atoms with E-state index in [0.29, 0.717) is 37.4 Å². The maximum atomic E-state index is 13.0. The summed E-state index contributed by atoms with van der Waals surface area (Å²) in [4.78, 5) is 24.0. The Hall–Kier alpha value is -4.42. The number of hydrogen-bond donors (Lipinski definition) is 3. The van der Waals surface area contributed by atoms with Gasteiger partial charge in [-0.2, -0.15) is 9.40 Å². The summed E-state index contributed by atoms with van der Waals surface area (Å²) in [6.45, 7) is 8.89. The van der Waals surface area contributed by atoms with Crippen molar-refractivity contribution in [1.29, 1.82) is 0 Å². The number of piperidine rings is 1. The van der Waals surface area contributed by atoms with Crippen LogP contribution in [0.2, 0.25) is 0 Å². The Morgan fingerprint density at radius 3 is 2.23 bits per heavy atom. The smallest absolute Gasteiger partial charge is 0.371 e. The highest BCUT2D eigenvalue weighted by Gasteiger charge is 2.32. The predicted molar refractivity (Wildman–Crippen MR) is 167 cm³/mol. The molecule has 11 nitrogen and oxygen atoms in total. The molecular formula is C32H37N5O6S. The average molecular weight is 620 g/mol. The van der Waals surface area contributed by atoms with Gasteiger partial charge < -0.3 is 14.8 Å². The van der Waals surface area contributed by atoms with Gasteiger partial charge in [-0.1, -0.05) is 50.6 Å². The number of carboxylic acids is 1. The number of benzene rings is 2. The van der Waals surface area contributed by atoms with Crippen LogP contribution < -0.4 is 10.6 Å². The third-order valence-corrected chi connectivity index (χ3v) is 9.47. The monoisotopic (exact) mass is 619 g/mol. The molecule has 4 aromatic rings. The van der Waals surface area contributed by atoms with Crippen molar-refractivity contribution in [3.8, 4) is 5.69 Å². The van der Waals surface area contributed by atoms with E-state index in [-0.39, 0.29) is 22.5 Å². The lowest BCUT2D eigenvalue weighted by atomic mass is 9.91. The second-order valence-electron chi connectivity index (χ2n) is 12.2. The highest BCUT2D eigenvalue weighted by Crippen LogP contribution is 2.29. The molecule has 44 heavy (non-hydrogen) atoms. The third-order valence-electron chi connectivity index (χ3n) is 7.69. The molecule has 0 bridgehead atoms. The maximum absolute atomic E-state index is 13.0. The number of carboxylic acid groups (broad SMARTS) is 1. The van der Waals surface area contributed by atoms with Crippen LogP contribution >= 0.6 is 0 Å². The number of carbonyl (C=O) groups is 2. The van der Waals surface area contributed by atoms with E-state index in [1.807, 2.05) is 61.5 Å². The molecular weight excluding hydrogens is 582 g/mol. The fourth-order valence-electron chi connectivity index (χ4n) is 5.11. The summed E-state index contributed by atoms with van der Waals surface area (Å²) in [5.74, 6) is -0.867. The zero-order valence-electron chi connectivity index (χ0n) is 25.2. The average Bonchev–Trinajstić information content (AvgIpc) is 3.64. The first kappa shape index (κ1) is 31.0. The van der Waals surface area contributed by atoms with Crippen LogP contribution in [0.3, 0.4) is 0 Å². The quantitative estimate of drug-likeness (QED) is 0.217. The second kappa shape index (κ2) is 12.3. The minimum absolute atomic E-state index is 0.199. The first-order valence-electron chi connectivity index (χ1n) is 14.5.